The largest absolute Gasteiger partial charge is 0.352 e. The van der Waals surface area contributed by atoms with E-state index in [1.807, 2.05) is 48.5 Å². The second kappa shape index (κ2) is 32.4. The number of urea groups is 1. The molecule has 1 unspecified atom stereocenters. The fourth-order valence-electron chi connectivity index (χ4n) is 2.42. The Bertz CT molecular complexity index is 762. The van der Waals surface area contributed by atoms with Crippen molar-refractivity contribution in [2.45, 2.75) is 101 Å². The number of carbonyl (C=O) groups excluding carboxylic acids is 3. The standard InChI is InChI=1S/C15H20AsN3O5.C5H12.C4H10N2O.2C2H6/c1-9(2)13(19-16)14(21)17-7-12(20)18-11-5-3-10(4-6-11)8-24-15(22)23;1-3-5-4-2;1-2-3-6-4(5)7;2*1-2/h3-6,9,13,19H,7-8H2,1-2H3,(H,17,21)(H,18,20)(H,22,23);3-5H2,1-2H3;2-3H2,1H3,(H3,5,6,7);2*1-2H3. The van der Waals surface area contributed by atoms with Crippen LogP contribution in [0.3, 0.4) is 0 Å². The van der Waals surface area contributed by atoms with E-state index in [9.17, 15) is 19.2 Å². The summed E-state index contributed by atoms with van der Waals surface area (Å²) in [5.74, 6) is -0.510. The molecule has 0 saturated carbocycles. The van der Waals surface area contributed by atoms with Crippen LogP contribution in [-0.2, 0) is 20.9 Å². The van der Waals surface area contributed by atoms with Crippen molar-refractivity contribution in [3.05, 3.63) is 29.8 Å². The van der Waals surface area contributed by atoms with E-state index in [0.29, 0.717) is 17.8 Å². The van der Waals surface area contributed by atoms with Gasteiger partial charge in [-0.15, -0.1) is 0 Å². The number of carbonyl (C=O) groups is 4. The average Bonchev–Trinajstić information content (AvgIpc) is 2.94. The molecule has 1 aromatic carbocycles. The van der Waals surface area contributed by atoms with Crippen LogP contribution in [0.2, 0.25) is 0 Å². The van der Waals surface area contributed by atoms with Crippen molar-refractivity contribution in [3.63, 3.8) is 0 Å². The normalized spacial score (nSPS) is 9.78. The number of nitrogens with two attached hydrogens (primary N) is 1. The van der Waals surface area contributed by atoms with Crippen LogP contribution in [-0.4, -0.2) is 65.3 Å². The van der Waals surface area contributed by atoms with E-state index in [2.05, 4.69) is 55.8 Å². The number of ether oxygens (including phenoxy) is 1. The molecule has 0 aliphatic carbocycles. The van der Waals surface area contributed by atoms with Gasteiger partial charge in [0, 0.05) is 6.54 Å². The van der Waals surface area contributed by atoms with E-state index >= 15 is 0 Å². The third-order valence-corrected chi connectivity index (χ3v) is 4.95. The Labute approximate surface area is 250 Å². The molecule has 7 N–H and O–H groups in total. The van der Waals surface area contributed by atoms with Crippen LogP contribution in [0.4, 0.5) is 15.3 Å². The van der Waals surface area contributed by atoms with Crippen molar-refractivity contribution in [2.75, 3.05) is 18.4 Å². The second-order valence-corrected chi connectivity index (χ2v) is 8.55. The van der Waals surface area contributed by atoms with Crippen LogP contribution in [0, 0.1) is 5.92 Å². The van der Waals surface area contributed by atoms with E-state index in [0.717, 1.165) is 6.42 Å². The molecule has 0 heterocycles. The number of carboxylic acid groups (broad SMARTS) is 1. The van der Waals surface area contributed by atoms with E-state index in [-0.39, 0.29) is 36.9 Å². The van der Waals surface area contributed by atoms with Crippen LogP contribution >= 0.6 is 0 Å². The third kappa shape index (κ3) is 29.8. The summed E-state index contributed by atoms with van der Waals surface area (Å²) in [7, 11) is 0. The maximum atomic E-state index is 11.9. The molecule has 0 aromatic heterocycles. The van der Waals surface area contributed by atoms with Crippen LogP contribution in [0.25, 0.3) is 0 Å². The van der Waals surface area contributed by atoms with Gasteiger partial charge in [-0.1, -0.05) is 67.7 Å². The molecule has 40 heavy (non-hydrogen) atoms. The zero-order valence-corrected chi connectivity index (χ0v) is 27.8. The molecule has 0 bridgehead atoms. The van der Waals surface area contributed by atoms with Gasteiger partial charge in [-0.2, -0.15) is 0 Å². The minimum Gasteiger partial charge on any atom is -0.352 e. The van der Waals surface area contributed by atoms with Gasteiger partial charge in [0.1, 0.15) is 0 Å². The Balaban J connectivity index is -0.000000333. The number of primary amides is 1. The Hall–Kier alpha value is -2.78. The fourth-order valence-corrected chi connectivity index (χ4v) is 3.30. The third-order valence-electron chi connectivity index (χ3n) is 4.37. The quantitative estimate of drug-likeness (QED) is 0.140. The second-order valence-electron chi connectivity index (χ2n) is 8.01. The summed E-state index contributed by atoms with van der Waals surface area (Å²) >= 11 is 2.15. The molecule has 4 amide bonds. The van der Waals surface area contributed by atoms with Crippen LogP contribution in [0.15, 0.2) is 24.3 Å². The molecule has 12 heteroatoms. The first-order valence-electron chi connectivity index (χ1n) is 14.0. The summed E-state index contributed by atoms with van der Waals surface area (Å²) in [6.07, 6.45) is 3.67. The summed E-state index contributed by atoms with van der Waals surface area (Å²) in [6.45, 7) is 18.7. The number of hydrogen-bond acceptors (Lipinski definition) is 6. The summed E-state index contributed by atoms with van der Waals surface area (Å²) in [5, 5.41) is 16.1. The maximum Gasteiger partial charge on any atom is 0.312 e. The van der Waals surface area contributed by atoms with Crippen LogP contribution in [0.5, 0.6) is 0 Å². The first-order valence-corrected chi connectivity index (χ1v) is 14.9. The van der Waals surface area contributed by atoms with Crippen LogP contribution < -0.4 is 25.9 Å². The molecule has 2 radical (unpaired) electrons. The van der Waals surface area contributed by atoms with Crippen molar-refractivity contribution in [2.24, 2.45) is 11.7 Å². The molecule has 232 valence electrons. The first-order chi connectivity index (χ1) is 19.0. The zero-order chi connectivity index (χ0) is 31.9. The summed E-state index contributed by atoms with van der Waals surface area (Å²) in [5.41, 5.74) is 5.93. The van der Waals surface area contributed by atoms with Gasteiger partial charge in [0.25, 0.3) is 0 Å². The van der Waals surface area contributed by atoms with Crippen molar-refractivity contribution in [3.8, 4) is 0 Å². The number of unbranched alkanes of at least 4 members (excludes halogenated alkanes) is 2. The van der Waals surface area contributed by atoms with Crippen molar-refractivity contribution >= 4 is 46.8 Å². The van der Waals surface area contributed by atoms with E-state index in [4.69, 9.17) is 10.8 Å². The van der Waals surface area contributed by atoms with Gasteiger partial charge in [-0.05, 0) is 6.42 Å². The Morgan fingerprint density at radius 2 is 1.45 bits per heavy atom. The van der Waals surface area contributed by atoms with Gasteiger partial charge in [-0.3, -0.25) is 0 Å². The van der Waals surface area contributed by atoms with Crippen LogP contribution in [0.1, 0.15) is 93.6 Å². The van der Waals surface area contributed by atoms with E-state index < -0.39 is 12.2 Å². The van der Waals surface area contributed by atoms with Crippen molar-refractivity contribution < 1.29 is 29.0 Å². The minimum absolute atomic E-state index is 0.0568. The Morgan fingerprint density at radius 1 is 0.925 bits per heavy atom. The topological polar surface area (TPSA) is 172 Å². The monoisotopic (exact) mass is 631 g/mol. The van der Waals surface area contributed by atoms with E-state index in [1.165, 1.54) is 19.3 Å². The molecule has 0 fully saturated rings. The number of hydrogen-bond donors (Lipinski definition) is 6. The first kappa shape index (κ1) is 44.2. The number of nitrogens with one attached hydrogen (secondary N) is 4. The molecular formula is C28H54AsN5O6. The number of amides is 4. The molecule has 0 aliphatic heterocycles. The van der Waals surface area contributed by atoms with Crippen molar-refractivity contribution in [1.29, 1.82) is 0 Å². The maximum absolute atomic E-state index is 11.9. The number of anilines is 1. The van der Waals surface area contributed by atoms with Gasteiger partial charge < -0.3 is 20.9 Å². The SMILES string of the molecule is CC.CC.CC(C)C(N[As])C(=O)NCC(=O)Nc1ccc(COC(=O)O)cc1.CCCCC.CCCNC(N)=O. The van der Waals surface area contributed by atoms with Gasteiger partial charge in [0.2, 0.25) is 0 Å². The van der Waals surface area contributed by atoms with Gasteiger partial charge in [-0.25, -0.2) is 9.59 Å². The van der Waals surface area contributed by atoms with Gasteiger partial charge in [0.15, 0.2) is 0 Å². The predicted octanol–water partition coefficient (Wildman–Crippen LogP) is 4.95. The zero-order valence-electron chi connectivity index (χ0n) is 25.9. The Morgan fingerprint density at radius 3 is 1.77 bits per heavy atom. The molecular weight excluding hydrogens is 577 g/mol. The summed E-state index contributed by atoms with van der Waals surface area (Å²) in [4.78, 5) is 43.9. The van der Waals surface area contributed by atoms with Crippen molar-refractivity contribution in [1.82, 2.24) is 14.9 Å². The van der Waals surface area contributed by atoms with E-state index in [1.54, 1.807) is 24.3 Å². The fraction of sp³-hybridized carbons (Fsp3) is 0.643. The predicted molar refractivity (Wildman–Crippen MR) is 164 cm³/mol. The molecule has 1 rings (SSSR count). The summed E-state index contributed by atoms with van der Waals surface area (Å²) < 4.78 is 7.28. The Kier molecular flexibility index (Phi) is 35.9. The molecule has 0 saturated heterocycles. The van der Waals surface area contributed by atoms with Gasteiger partial charge >= 0.3 is 140 Å². The smallest absolute Gasteiger partial charge is 0.312 e. The number of rotatable bonds is 12. The molecule has 1 aromatic rings. The molecule has 11 nitrogen and oxygen atoms in total. The average molecular weight is 632 g/mol. The van der Waals surface area contributed by atoms with Gasteiger partial charge in [0.05, 0.1) is 0 Å². The molecule has 1 atom stereocenters. The molecule has 0 spiro atoms. The molecule has 0 aliphatic rings. The summed E-state index contributed by atoms with van der Waals surface area (Å²) in [6, 6.07) is 5.72. The minimum atomic E-state index is -1.34. The number of benzene rings is 1.